The van der Waals surface area contributed by atoms with Gasteiger partial charge in [-0.05, 0) is 19.8 Å². The Bertz CT molecular complexity index is 221. The summed E-state index contributed by atoms with van der Waals surface area (Å²) in [5.74, 6) is 0.510. The van der Waals surface area contributed by atoms with Crippen LogP contribution in [0.4, 0.5) is 0 Å². The third-order valence-electron chi connectivity index (χ3n) is 2.16. The van der Waals surface area contributed by atoms with Crippen molar-refractivity contribution in [1.82, 2.24) is 5.32 Å². The molecule has 15 heavy (non-hydrogen) atoms. The first kappa shape index (κ1) is 14.6. The van der Waals surface area contributed by atoms with Crippen molar-refractivity contribution in [3.63, 3.8) is 0 Å². The fraction of sp³-hybridized carbons (Fsp3) is 0.900. The molecule has 0 rings (SSSR count). The van der Waals surface area contributed by atoms with E-state index in [0.29, 0.717) is 12.2 Å². The first-order chi connectivity index (χ1) is 6.97. The van der Waals surface area contributed by atoms with E-state index in [2.05, 4.69) is 5.32 Å². The second kappa shape index (κ2) is 7.82. The molecular formula is C10H22N2O2S. The zero-order valence-electron chi connectivity index (χ0n) is 9.79. The van der Waals surface area contributed by atoms with E-state index in [1.165, 1.54) is 0 Å². The molecule has 3 atom stereocenters. The quantitative estimate of drug-likeness (QED) is 0.669. The third kappa shape index (κ3) is 7.50. The van der Waals surface area contributed by atoms with Crippen LogP contribution in [0.15, 0.2) is 0 Å². The lowest BCUT2D eigenvalue weighted by atomic mass is 10.1. The number of hydrogen-bond acceptors (Lipinski definition) is 3. The van der Waals surface area contributed by atoms with Gasteiger partial charge in [0.25, 0.3) is 0 Å². The van der Waals surface area contributed by atoms with Gasteiger partial charge in [-0.25, -0.2) is 0 Å². The van der Waals surface area contributed by atoms with Gasteiger partial charge in [-0.2, -0.15) is 0 Å². The molecule has 3 N–H and O–H groups in total. The van der Waals surface area contributed by atoms with Crippen LogP contribution < -0.4 is 11.1 Å². The fourth-order valence-corrected chi connectivity index (χ4v) is 1.89. The van der Waals surface area contributed by atoms with Crippen LogP contribution in [-0.2, 0) is 15.6 Å². The Balaban J connectivity index is 3.79. The summed E-state index contributed by atoms with van der Waals surface area (Å²) >= 11 is 0. The Hall–Kier alpha value is -0.420. The van der Waals surface area contributed by atoms with E-state index < -0.39 is 16.8 Å². The molecule has 0 saturated carbocycles. The molecule has 0 aromatic rings. The average Bonchev–Trinajstić information content (AvgIpc) is 2.15. The fourth-order valence-electron chi connectivity index (χ4n) is 1.21. The van der Waals surface area contributed by atoms with Crippen LogP contribution in [0, 0.1) is 0 Å². The van der Waals surface area contributed by atoms with Crippen molar-refractivity contribution in [1.29, 1.82) is 0 Å². The standard InChI is InChI=1S/C10H22N2O2S/c1-4-5-9(11)10(13)12-8(2)6-7-15(3)14/h8-9H,4-7,11H2,1-3H3,(H,12,13)/t8?,9-,15?/m1/s1. The second-order valence-electron chi connectivity index (χ2n) is 3.87. The highest BCUT2D eigenvalue weighted by atomic mass is 32.2. The van der Waals surface area contributed by atoms with Crippen molar-refractivity contribution in [2.75, 3.05) is 12.0 Å². The van der Waals surface area contributed by atoms with Crippen molar-refractivity contribution in [3.8, 4) is 0 Å². The van der Waals surface area contributed by atoms with E-state index in [0.717, 1.165) is 12.8 Å². The lowest BCUT2D eigenvalue weighted by molar-refractivity contribution is -0.123. The minimum absolute atomic E-state index is 0.0457. The van der Waals surface area contributed by atoms with Gasteiger partial charge in [0.05, 0.1) is 6.04 Å². The van der Waals surface area contributed by atoms with Gasteiger partial charge in [-0.15, -0.1) is 0 Å². The molecule has 5 heteroatoms. The van der Waals surface area contributed by atoms with Gasteiger partial charge in [-0.3, -0.25) is 9.00 Å². The van der Waals surface area contributed by atoms with E-state index >= 15 is 0 Å². The summed E-state index contributed by atoms with van der Waals surface area (Å²) < 4.78 is 10.8. The van der Waals surface area contributed by atoms with Crippen LogP contribution in [-0.4, -0.2) is 34.2 Å². The first-order valence-corrected chi connectivity index (χ1v) is 7.06. The summed E-state index contributed by atoms with van der Waals surface area (Å²) in [4.78, 5) is 11.5. The van der Waals surface area contributed by atoms with Gasteiger partial charge in [-0.1, -0.05) is 13.3 Å². The highest BCUT2D eigenvalue weighted by Gasteiger charge is 2.14. The first-order valence-electron chi connectivity index (χ1n) is 5.33. The van der Waals surface area contributed by atoms with E-state index in [1.807, 2.05) is 13.8 Å². The predicted octanol–water partition coefficient (Wildman–Crippen LogP) is 0.387. The summed E-state index contributed by atoms with van der Waals surface area (Å²) in [6.45, 7) is 3.90. The number of carbonyl (C=O) groups excluding carboxylic acids is 1. The monoisotopic (exact) mass is 234 g/mol. The summed E-state index contributed by atoms with van der Waals surface area (Å²) in [7, 11) is -0.798. The van der Waals surface area contributed by atoms with Crippen LogP contribution in [0.3, 0.4) is 0 Å². The molecule has 90 valence electrons. The maximum absolute atomic E-state index is 11.5. The van der Waals surface area contributed by atoms with Gasteiger partial charge < -0.3 is 11.1 Å². The Morgan fingerprint density at radius 2 is 2.07 bits per heavy atom. The normalized spacial score (nSPS) is 16.8. The number of nitrogens with one attached hydrogen (secondary N) is 1. The zero-order chi connectivity index (χ0) is 11.8. The number of hydrogen-bond donors (Lipinski definition) is 2. The number of amides is 1. The van der Waals surface area contributed by atoms with Crippen molar-refractivity contribution >= 4 is 16.7 Å². The van der Waals surface area contributed by atoms with Crippen LogP contribution in [0.25, 0.3) is 0 Å². The molecule has 4 nitrogen and oxygen atoms in total. The average molecular weight is 234 g/mol. The number of carbonyl (C=O) groups is 1. The molecule has 0 aromatic heterocycles. The molecule has 0 radical (unpaired) electrons. The zero-order valence-corrected chi connectivity index (χ0v) is 10.6. The molecule has 0 fully saturated rings. The van der Waals surface area contributed by atoms with E-state index in [-0.39, 0.29) is 11.9 Å². The molecule has 0 spiro atoms. The van der Waals surface area contributed by atoms with Gasteiger partial charge in [0.1, 0.15) is 0 Å². The number of nitrogens with two attached hydrogens (primary N) is 1. The molecule has 0 aromatic carbocycles. The highest BCUT2D eigenvalue weighted by Crippen LogP contribution is 1.97. The lowest BCUT2D eigenvalue weighted by Gasteiger charge is -2.16. The summed E-state index contributed by atoms with van der Waals surface area (Å²) in [6.07, 6.45) is 4.01. The van der Waals surface area contributed by atoms with Crippen molar-refractivity contribution in [2.45, 2.75) is 45.2 Å². The molecule has 2 unspecified atom stereocenters. The highest BCUT2D eigenvalue weighted by molar-refractivity contribution is 7.84. The minimum Gasteiger partial charge on any atom is -0.352 e. The van der Waals surface area contributed by atoms with Crippen molar-refractivity contribution in [3.05, 3.63) is 0 Å². The van der Waals surface area contributed by atoms with Crippen LogP contribution >= 0.6 is 0 Å². The molecule has 1 amide bonds. The molecular weight excluding hydrogens is 212 g/mol. The van der Waals surface area contributed by atoms with E-state index in [1.54, 1.807) is 6.26 Å². The maximum Gasteiger partial charge on any atom is 0.237 e. The van der Waals surface area contributed by atoms with Crippen LogP contribution in [0.1, 0.15) is 33.1 Å². The summed E-state index contributed by atoms with van der Waals surface area (Å²) in [5.41, 5.74) is 5.66. The van der Waals surface area contributed by atoms with Gasteiger partial charge in [0, 0.05) is 28.9 Å². The van der Waals surface area contributed by atoms with Gasteiger partial charge in [0.2, 0.25) is 5.91 Å². The van der Waals surface area contributed by atoms with Crippen molar-refractivity contribution in [2.24, 2.45) is 5.73 Å². The molecule has 0 aliphatic rings. The Kier molecular flexibility index (Phi) is 7.60. The molecule has 0 aliphatic heterocycles. The summed E-state index contributed by atoms with van der Waals surface area (Å²) in [5, 5.41) is 2.82. The largest absolute Gasteiger partial charge is 0.352 e. The summed E-state index contributed by atoms with van der Waals surface area (Å²) in [6, 6.07) is -0.367. The third-order valence-corrected chi connectivity index (χ3v) is 2.97. The predicted molar refractivity (Wildman–Crippen MR) is 64.0 cm³/mol. The Labute approximate surface area is 94.4 Å². The van der Waals surface area contributed by atoms with E-state index in [9.17, 15) is 9.00 Å². The Morgan fingerprint density at radius 3 is 2.53 bits per heavy atom. The molecule has 0 heterocycles. The van der Waals surface area contributed by atoms with Crippen LogP contribution in [0.5, 0.6) is 0 Å². The van der Waals surface area contributed by atoms with Gasteiger partial charge >= 0.3 is 0 Å². The molecule has 0 bridgehead atoms. The second-order valence-corrected chi connectivity index (χ2v) is 5.43. The lowest BCUT2D eigenvalue weighted by Crippen LogP contribution is -2.44. The van der Waals surface area contributed by atoms with E-state index in [4.69, 9.17) is 5.73 Å². The van der Waals surface area contributed by atoms with Crippen LogP contribution in [0.2, 0.25) is 0 Å². The molecule has 0 aliphatic carbocycles. The topological polar surface area (TPSA) is 72.2 Å². The Morgan fingerprint density at radius 1 is 1.47 bits per heavy atom. The molecule has 0 saturated heterocycles. The smallest absolute Gasteiger partial charge is 0.237 e. The minimum atomic E-state index is -0.798. The van der Waals surface area contributed by atoms with Gasteiger partial charge in [0.15, 0.2) is 0 Å². The SMILES string of the molecule is CCC[C@@H](N)C(=O)NC(C)CCS(C)=O. The number of rotatable bonds is 7. The maximum atomic E-state index is 11.5. The van der Waals surface area contributed by atoms with Crippen molar-refractivity contribution < 1.29 is 9.00 Å².